The Labute approximate surface area is 94.2 Å². The molecule has 0 aliphatic rings. The zero-order chi connectivity index (χ0) is 11.9. The predicted molar refractivity (Wildman–Crippen MR) is 64.1 cm³/mol. The fourth-order valence-electron chi connectivity index (χ4n) is 1.06. The standard InChI is InChI=1S/C12H27NO2/c1-11(2,3)6-8-15-9-7-12(4,10-14)13-5/h13-14H,6-10H2,1-5H3. The second kappa shape index (κ2) is 6.46. The number of likely N-dealkylation sites (N-methyl/N-ethyl adjacent to an activating group) is 1. The summed E-state index contributed by atoms with van der Waals surface area (Å²) in [6.07, 6.45) is 1.91. The quantitative estimate of drug-likeness (QED) is 0.639. The lowest BCUT2D eigenvalue weighted by molar-refractivity contribution is 0.0756. The Hall–Kier alpha value is -0.120. The molecule has 0 radical (unpaired) electrons. The van der Waals surface area contributed by atoms with Gasteiger partial charge in [0.1, 0.15) is 0 Å². The fraction of sp³-hybridized carbons (Fsp3) is 1.00. The number of nitrogens with one attached hydrogen (secondary N) is 1. The van der Waals surface area contributed by atoms with Crippen molar-refractivity contribution in [3.05, 3.63) is 0 Å². The first-order valence-corrected chi connectivity index (χ1v) is 5.70. The minimum absolute atomic E-state index is 0.145. The zero-order valence-electron chi connectivity index (χ0n) is 10.9. The van der Waals surface area contributed by atoms with Gasteiger partial charge in [0.2, 0.25) is 0 Å². The van der Waals surface area contributed by atoms with Crippen molar-refractivity contribution in [2.24, 2.45) is 5.41 Å². The molecule has 0 heterocycles. The number of hydrogen-bond acceptors (Lipinski definition) is 3. The van der Waals surface area contributed by atoms with E-state index in [-0.39, 0.29) is 12.1 Å². The Bertz CT molecular complexity index is 159. The first-order valence-electron chi connectivity index (χ1n) is 5.70. The average molecular weight is 217 g/mol. The summed E-state index contributed by atoms with van der Waals surface area (Å²) in [6.45, 7) is 10.3. The van der Waals surface area contributed by atoms with Crippen LogP contribution < -0.4 is 5.32 Å². The van der Waals surface area contributed by atoms with Crippen molar-refractivity contribution >= 4 is 0 Å². The van der Waals surface area contributed by atoms with Crippen molar-refractivity contribution in [1.82, 2.24) is 5.32 Å². The number of ether oxygens (including phenoxy) is 1. The highest BCUT2D eigenvalue weighted by Crippen LogP contribution is 2.18. The Morgan fingerprint density at radius 1 is 1.07 bits per heavy atom. The molecule has 0 aliphatic carbocycles. The molecule has 0 aromatic rings. The molecule has 0 fully saturated rings. The minimum Gasteiger partial charge on any atom is -0.394 e. The van der Waals surface area contributed by atoms with Crippen LogP contribution in [0.15, 0.2) is 0 Å². The van der Waals surface area contributed by atoms with Gasteiger partial charge in [0.25, 0.3) is 0 Å². The SMILES string of the molecule is CNC(C)(CO)CCOCCC(C)(C)C. The molecule has 92 valence electrons. The molecular weight excluding hydrogens is 190 g/mol. The summed E-state index contributed by atoms with van der Waals surface area (Å²) in [4.78, 5) is 0. The van der Waals surface area contributed by atoms with Gasteiger partial charge < -0.3 is 15.2 Å². The van der Waals surface area contributed by atoms with Gasteiger partial charge in [-0.05, 0) is 32.2 Å². The van der Waals surface area contributed by atoms with E-state index >= 15 is 0 Å². The summed E-state index contributed by atoms with van der Waals surface area (Å²) in [5.74, 6) is 0. The summed E-state index contributed by atoms with van der Waals surface area (Å²) in [5.41, 5.74) is 0.130. The van der Waals surface area contributed by atoms with Gasteiger partial charge in [-0.25, -0.2) is 0 Å². The third-order valence-corrected chi connectivity index (χ3v) is 2.75. The van der Waals surface area contributed by atoms with Gasteiger partial charge >= 0.3 is 0 Å². The highest BCUT2D eigenvalue weighted by Gasteiger charge is 2.20. The smallest absolute Gasteiger partial charge is 0.0611 e. The van der Waals surface area contributed by atoms with Gasteiger partial charge in [-0.15, -0.1) is 0 Å². The van der Waals surface area contributed by atoms with E-state index in [0.29, 0.717) is 12.0 Å². The van der Waals surface area contributed by atoms with Crippen LogP contribution in [-0.2, 0) is 4.74 Å². The normalized spacial score (nSPS) is 16.4. The first kappa shape index (κ1) is 14.9. The molecular formula is C12H27NO2. The van der Waals surface area contributed by atoms with Crippen LogP contribution in [-0.4, -0.2) is 37.5 Å². The van der Waals surface area contributed by atoms with Crippen LogP contribution >= 0.6 is 0 Å². The summed E-state index contributed by atoms with van der Waals surface area (Å²) in [5, 5.41) is 12.3. The van der Waals surface area contributed by atoms with E-state index in [0.717, 1.165) is 19.4 Å². The van der Waals surface area contributed by atoms with E-state index in [2.05, 4.69) is 26.1 Å². The van der Waals surface area contributed by atoms with Gasteiger partial charge in [0.05, 0.1) is 6.61 Å². The monoisotopic (exact) mass is 217 g/mol. The van der Waals surface area contributed by atoms with Gasteiger partial charge in [0.15, 0.2) is 0 Å². The van der Waals surface area contributed by atoms with Gasteiger partial charge in [-0.2, -0.15) is 0 Å². The molecule has 3 heteroatoms. The van der Waals surface area contributed by atoms with E-state index < -0.39 is 0 Å². The maximum atomic E-state index is 9.15. The molecule has 0 aliphatic heterocycles. The summed E-state index contributed by atoms with van der Waals surface area (Å²) in [6, 6.07) is 0. The lowest BCUT2D eigenvalue weighted by atomic mass is 9.93. The summed E-state index contributed by atoms with van der Waals surface area (Å²) >= 11 is 0. The molecule has 0 spiro atoms. The van der Waals surface area contributed by atoms with Crippen LogP contribution in [0.4, 0.5) is 0 Å². The third kappa shape index (κ3) is 7.77. The minimum atomic E-state index is -0.207. The van der Waals surface area contributed by atoms with Crippen molar-refractivity contribution in [2.75, 3.05) is 26.9 Å². The van der Waals surface area contributed by atoms with Crippen LogP contribution in [0.2, 0.25) is 0 Å². The molecule has 1 unspecified atom stereocenters. The van der Waals surface area contributed by atoms with Crippen molar-refractivity contribution in [3.63, 3.8) is 0 Å². The Morgan fingerprint density at radius 2 is 1.60 bits per heavy atom. The van der Waals surface area contributed by atoms with Crippen molar-refractivity contribution in [3.8, 4) is 0 Å². The van der Waals surface area contributed by atoms with Gasteiger partial charge in [-0.3, -0.25) is 0 Å². The number of aliphatic hydroxyl groups is 1. The second-order valence-corrected chi connectivity index (χ2v) is 5.64. The highest BCUT2D eigenvalue weighted by molar-refractivity contribution is 4.79. The molecule has 2 N–H and O–H groups in total. The van der Waals surface area contributed by atoms with Crippen LogP contribution in [0.3, 0.4) is 0 Å². The molecule has 0 aromatic heterocycles. The maximum absolute atomic E-state index is 9.15. The number of rotatable bonds is 7. The Morgan fingerprint density at radius 3 is 2.00 bits per heavy atom. The van der Waals surface area contributed by atoms with Gasteiger partial charge in [-0.1, -0.05) is 20.8 Å². The maximum Gasteiger partial charge on any atom is 0.0611 e. The molecule has 3 nitrogen and oxygen atoms in total. The van der Waals surface area contributed by atoms with Crippen LogP contribution in [0, 0.1) is 5.41 Å². The molecule has 0 aromatic carbocycles. The largest absolute Gasteiger partial charge is 0.394 e. The lowest BCUT2D eigenvalue weighted by Gasteiger charge is -2.26. The third-order valence-electron chi connectivity index (χ3n) is 2.75. The highest BCUT2D eigenvalue weighted by atomic mass is 16.5. The topological polar surface area (TPSA) is 41.5 Å². The Kier molecular flexibility index (Phi) is 6.41. The van der Waals surface area contributed by atoms with Gasteiger partial charge in [0, 0.05) is 18.8 Å². The van der Waals surface area contributed by atoms with E-state index in [9.17, 15) is 0 Å². The zero-order valence-corrected chi connectivity index (χ0v) is 10.9. The van der Waals surface area contributed by atoms with E-state index in [1.54, 1.807) is 0 Å². The van der Waals surface area contributed by atoms with Crippen molar-refractivity contribution < 1.29 is 9.84 Å². The Balaban J connectivity index is 3.54. The van der Waals surface area contributed by atoms with Crippen LogP contribution in [0.1, 0.15) is 40.5 Å². The second-order valence-electron chi connectivity index (χ2n) is 5.64. The molecule has 0 saturated carbocycles. The summed E-state index contributed by atoms with van der Waals surface area (Å²) in [7, 11) is 1.87. The lowest BCUT2D eigenvalue weighted by Crippen LogP contribution is -2.44. The molecule has 15 heavy (non-hydrogen) atoms. The molecule has 0 amide bonds. The van der Waals surface area contributed by atoms with Crippen LogP contribution in [0.25, 0.3) is 0 Å². The average Bonchev–Trinajstić information content (AvgIpc) is 2.15. The molecule has 1 atom stereocenters. The molecule has 0 saturated heterocycles. The number of aliphatic hydroxyl groups excluding tert-OH is 1. The first-order chi connectivity index (χ1) is 6.83. The van der Waals surface area contributed by atoms with Crippen LogP contribution in [0.5, 0.6) is 0 Å². The number of hydrogen-bond donors (Lipinski definition) is 2. The van der Waals surface area contributed by atoms with E-state index in [1.165, 1.54) is 0 Å². The van der Waals surface area contributed by atoms with E-state index in [4.69, 9.17) is 9.84 Å². The molecule has 0 bridgehead atoms. The van der Waals surface area contributed by atoms with E-state index in [1.807, 2.05) is 14.0 Å². The predicted octanol–water partition coefficient (Wildman–Crippen LogP) is 1.80. The fourth-order valence-corrected chi connectivity index (χ4v) is 1.06. The summed E-state index contributed by atoms with van der Waals surface area (Å²) < 4.78 is 5.56. The molecule has 0 rings (SSSR count). The van der Waals surface area contributed by atoms with Crippen molar-refractivity contribution in [1.29, 1.82) is 0 Å². The van der Waals surface area contributed by atoms with Crippen molar-refractivity contribution in [2.45, 2.75) is 46.1 Å².